The monoisotopic (exact) mass is 286 g/mol. The van der Waals surface area contributed by atoms with Gasteiger partial charge < -0.3 is 10.6 Å². The van der Waals surface area contributed by atoms with E-state index < -0.39 is 0 Å². The zero-order valence-corrected chi connectivity index (χ0v) is 12.7. The first-order valence-electron chi connectivity index (χ1n) is 7.43. The highest BCUT2D eigenvalue weighted by Crippen LogP contribution is 2.23. The van der Waals surface area contributed by atoms with E-state index in [1.54, 1.807) is 0 Å². The van der Waals surface area contributed by atoms with E-state index in [0.29, 0.717) is 5.92 Å². The summed E-state index contributed by atoms with van der Waals surface area (Å²) in [5.74, 6) is 0.0984. The second-order valence-corrected chi connectivity index (χ2v) is 5.43. The third-order valence-corrected chi connectivity index (χ3v) is 3.88. The predicted octanol–water partition coefficient (Wildman–Crippen LogP) is 3.99. The molecule has 0 bridgehead atoms. The van der Waals surface area contributed by atoms with Gasteiger partial charge in [0.1, 0.15) is 5.82 Å². The van der Waals surface area contributed by atoms with Crippen LogP contribution >= 0.6 is 0 Å². The molecule has 2 rings (SSSR count). The maximum atomic E-state index is 13.0. The molecule has 0 aliphatic rings. The SMILES string of the molecule is CCN(CC(C)C(N)c1ccccc1)c1ccc(F)cc1. The maximum absolute atomic E-state index is 13.0. The molecule has 21 heavy (non-hydrogen) atoms. The van der Waals surface area contributed by atoms with Crippen LogP contribution in [0.15, 0.2) is 54.6 Å². The van der Waals surface area contributed by atoms with Gasteiger partial charge in [-0.1, -0.05) is 37.3 Å². The summed E-state index contributed by atoms with van der Waals surface area (Å²) < 4.78 is 13.0. The Hall–Kier alpha value is -1.87. The van der Waals surface area contributed by atoms with Crippen molar-refractivity contribution in [3.05, 3.63) is 66.0 Å². The lowest BCUT2D eigenvalue weighted by Crippen LogP contribution is -2.33. The van der Waals surface area contributed by atoms with Crippen LogP contribution in [-0.4, -0.2) is 13.1 Å². The van der Waals surface area contributed by atoms with Gasteiger partial charge in [0.15, 0.2) is 0 Å². The van der Waals surface area contributed by atoms with E-state index >= 15 is 0 Å². The van der Waals surface area contributed by atoms with Gasteiger partial charge in [0.25, 0.3) is 0 Å². The summed E-state index contributed by atoms with van der Waals surface area (Å²) in [6.07, 6.45) is 0. The molecule has 0 heterocycles. The van der Waals surface area contributed by atoms with Crippen molar-refractivity contribution in [1.82, 2.24) is 0 Å². The number of nitrogens with zero attached hydrogens (tertiary/aromatic N) is 1. The Kier molecular flexibility index (Phi) is 5.34. The number of halogens is 1. The molecule has 2 aromatic carbocycles. The fourth-order valence-electron chi connectivity index (χ4n) is 2.53. The molecule has 0 aliphatic heterocycles. The molecule has 2 unspecified atom stereocenters. The minimum Gasteiger partial charge on any atom is -0.371 e. The largest absolute Gasteiger partial charge is 0.371 e. The molecule has 2 aromatic rings. The van der Waals surface area contributed by atoms with E-state index in [0.717, 1.165) is 24.3 Å². The lowest BCUT2D eigenvalue weighted by Gasteiger charge is -2.29. The molecule has 0 amide bonds. The van der Waals surface area contributed by atoms with Gasteiger partial charge in [-0.15, -0.1) is 0 Å². The van der Waals surface area contributed by atoms with Crippen molar-refractivity contribution in [3.8, 4) is 0 Å². The Morgan fingerprint density at radius 1 is 1.05 bits per heavy atom. The van der Waals surface area contributed by atoms with Gasteiger partial charge in [-0.25, -0.2) is 4.39 Å². The molecule has 0 radical (unpaired) electrons. The lowest BCUT2D eigenvalue weighted by atomic mass is 9.95. The summed E-state index contributed by atoms with van der Waals surface area (Å²) >= 11 is 0. The molecule has 0 aliphatic carbocycles. The first kappa shape index (κ1) is 15.5. The van der Waals surface area contributed by atoms with Crippen molar-refractivity contribution in [2.45, 2.75) is 19.9 Å². The van der Waals surface area contributed by atoms with Crippen LogP contribution in [0.4, 0.5) is 10.1 Å². The molecule has 112 valence electrons. The van der Waals surface area contributed by atoms with Gasteiger partial charge >= 0.3 is 0 Å². The summed E-state index contributed by atoms with van der Waals surface area (Å²) in [5.41, 5.74) is 8.54. The Bertz CT molecular complexity index is 539. The predicted molar refractivity (Wildman–Crippen MR) is 86.8 cm³/mol. The number of benzene rings is 2. The average molecular weight is 286 g/mol. The third kappa shape index (κ3) is 4.05. The van der Waals surface area contributed by atoms with Gasteiger partial charge in [0.05, 0.1) is 0 Å². The molecule has 0 fully saturated rings. The number of rotatable bonds is 6. The fourth-order valence-corrected chi connectivity index (χ4v) is 2.53. The first-order chi connectivity index (χ1) is 10.1. The van der Waals surface area contributed by atoms with E-state index in [2.05, 4.69) is 30.9 Å². The van der Waals surface area contributed by atoms with Gasteiger partial charge in [0, 0.05) is 24.8 Å². The van der Waals surface area contributed by atoms with Gasteiger partial charge in [-0.3, -0.25) is 0 Å². The minimum absolute atomic E-state index is 0.000647. The number of anilines is 1. The lowest BCUT2D eigenvalue weighted by molar-refractivity contribution is 0.465. The van der Waals surface area contributed by atoms with Crippen LogP contribution in [0, 0.1) is 11.7 Å². The van der Waals surface area contributed by atoms with E-state index in [4.69, 9.17) is 5.73 Å². The van der Waals surface area contributed by atoms with E-state index in [9.17, 15) is 4.39 Å². The molecular weight excluding hydrogens is 263 g/mol. The second kappa shape index (κ2) is 7.23. The standard InChI is InChI=1S/C18H23FN2/c1-3-21(17-11-9-16(19)10-12-17)13-14(2)18(20)15-7-5-4-6-8-15/h4-12,14,18H,3,13,20H2,1-2H3. The summed E-state index contributed by atoms with van der Waals surface area (Å²) in [4.78, 5) is 2.23. The van der Waals surface area contributed by atoms with Crippen LogP contribution < -0.4 is 10.6 Å². The molecule has 0 saturated carbocycles. The van der Waals surface area contributed by atoms with Crippen molar-refractivity contribution >= 4 is 5.69 Å². The minimum atomic E-state index is -0.205. The highest BCUT2D eigenvalue weighted by molar-refractivity contribution is 5.46. The summed E-state index contributed by atoms with van der Waals surface area (Å²) in [5, 5.41) is 0. The number of hydrogen-bond donors (Lipinski definition) is 1. The average Bonchev–Trinajstić information content (AvgIpc) is 2.53. The van der Waals surface area contributed by atoms with Gasteiger partial charge in [0.2, 0.25) is 0 Å². The van der Waals surface area contributed by atoms with Gasteiger partial charge in [-0.05, 0) is 42.7 Å². The van der Waals surface area contributed by atoms with Crippen molar-refractivity contribution in [3.63, 3.8) is 0 Å². The van der Waals surface area contributed by atoms with Crippen LogP contribution in [0.5, 0.6) is 0 Å². The normalized spacial score (nSPS) is 13.7. The molecule has 0 aromatic heterocycles. The van der Waals surface area contributed by atoms with E-state index in [1.807, 2.05) is 30.3 Å². The highest BCUT2D eigenvalue weighted by Gasteiger charge is 2.17. The molecule has 2 N–H and O–H groups in total. The topological polar surface area (TPSA) is 29.3 Å². The highest BCUT2D eigenvalue weighted by atomic mass is 19.1. The molecule has 0 saturated heterocycles. The number of nitrogens with two attached hydrogens (primary N) is 1. The summed E-state index contributed by atoms with van der Waals surface area (Å²) in [6, 6.07) is 16.8. The quantitative estimate of drug-likeness (QED) is 0.870. The molecule has 3 heteroatoms. The Morgan fingerprint density at radius 2 is 1.67 bits per heavy atom. The maximum Gasteiger partial charge on any atom is 0.123 e. The van der Waals surface area contributed by atoms with Crippen LogP contribution in [0.1, 0.15) is 25.5 Å². The van der Waals surface area contributed by atoms with Gasteiger partial charge in [-0.2, -0.15) is 0 Å². The Balaban J connectivity index is 2.06. The summed E-state index contributed by atoms with van der Waals surface area (Å²) in [6.45, 7) is 5.98. The zero-order chi connectivity index (χ0) is 15.2. The molecule has 2 atom stereocenters. The number of hydrogen-bond acceptors (Lipinski definition) is 2. The van der Waals surface area contributed by atoms with E-state index in [-0.39, 0.29) is 11.9 Å². The fraction of sp³-hybridized carbons (Fsp3) is 0.333. The van der Waals surface area contributed by atoms with Crippen molar-refractivity contribution < 1.29 is 4.39 Å². The smallest absolute Gasteiger partial charge is 0.123 e. The van der Waals surface area contributed by atoms with Crippen molar-refractivity contribution in [2.75, 3.05) is 18.0 Å². The van der Waals surface area contributed by atoms with E-state index in [1.165, 1.54) is 12.1 Å². The van der Waals surface area contributed by atoms with Crippen LogP contribution in [0.3, 0.4) is 0 Å². The zero-order valence-electron chi connectivity index (χ0n) is 12.7. The molecule has 2 nitrogen and oxygen atoms in total. The second-order valence-electron chi connectivity index (χ2n) is 5.43. The molecular formula is C18H23FN2. The Labute approximate surface area is 126 Å². The first-order valence-corrected chi connectivity index (χ1v) is 7.43. The summed E-state index contributed by atoms with van der Waals surface area (Å²) in [7, 11) is 0. The van der Waals surface area contributed by atoms with Crippen LogP contribution in [0.2, 0.25) is 0 Å². The van der Waals surface area contributed by atoms with Crippen LogP contribution in [0.25, 0.3) is 0 Å². The van der Waals surface area contributed by atoms with Crippen molar-refractivity contribution in [1.29, 1.82) is 0 Å². The molecule has 0 spiro atoms. The van der Waals surface area contributed by atoms with Crippen LogP contribution in [-0.2, 0) is 0 Å². The Morgan fingerprint density at radius 3 is 2.24 bits per heavy atom. The van der Waals surface area contributed by atoms with Crippen molar-refractivity contribution in [2.24, 2.45) is 11.7 Å². The third-order valence-electron chi connectivity index (χ3n) is 3.88.